The van der Waals surface area contributed by atoms with Crippen molar-refractivity contribution in [3.05, 3.63) is 66.1 Å². The zero-order valence-corrected chi connectivity index (χ0v) is 16.5. The first-order valence-corrected chi connectivity index (χ1v) is 9.79. The van der Waals surface area contributed by atoms with Crippen LogP contribution in [0.5, 0.6) is 0 Å². The molecule has 4 rings (SSSR count). The first-order valence-electron chi connectivity index (χ1n) is 9.79. The summed E-state index contributed by atoms with van der Waals surface area (Å²) in [5.41, 5.74) is 3.08. The lowest BCUT2D eigenvalue weighted by Crippen LogP contribution is -2.38. The second-order valence-electron chi connectivity index (χ2n) is 6.85. The number of hydrogen-bond donors (Lipinski definition) is 1. The molecule has 2 amide bonds. The highest BCUT2D eigenvalue weighted by Gasteiger charge is 2.26. The lowest BCUT2D eigenvalue weighted by atomic mass is 10.1. The highest BCUT2D eigenvalue weighted by Crippen LogP contribution is 2.19. The van der Waals surface area contributed by atoms with Crippen molar-refractivity contribution in [2.24, 2.45) is 5.10 Å². The summed E-state index contributed by atoms with van der Waals surface area (Å²) in [5, 5.41) is 12.3. The molecule has 8 heteroatoms. The first kappa shape index (κ1) is 19.5. The fraction of sp³-hybridized carbons (Fsp3) is 0.227. The fourth-order valence-corrected chi connectivity index (χ4v) is 3.20. The molecule has 2 aromatic carbocycles. The monoisotopic (exact) mass is 403 g/mol. The van der Waals surface area contributed by atoms with Gasteiger partial charge in [-0.3, -0.25) is 9.59 Å². The van der Waals surface area contributed by atoms with Crippen LogP contribution in [0.4, 0.5) is 5.69 Å². The highest BCUT2D eigenvalue weighted by atomic mass is 16.5. The van der Waals surface area contributed by atoms with Crippen LogP contribution in [-0.2, 0) is 16.0 Å². The maximum atomic E-state index is 12.5. The van der Waals surface area contributed by atoms with Gasteiger partial charge in [0.2, 0.25) is 17.6 Å². The Kier molecular flexibility index (Phi) is 5.65. The SMILES string of the molecule is CCc1ccccc1NC(=O)CN1N=C(c2nc(-c3ccccc3)no2)CCC1=O. The van der Waals surface area contributed by atoms with Crippen molar-refractivity contribution in [1.29, 1.82) is 0 Å². The number of benzene rings is 2. The quantitative estimate of drug-likeness (QED) is 0.681. The minimum atomic E-state index is -0.315. The lowest BCUT2D eigenvalue weighted by Gasteiger charge is -2.22. The van der Waals surface area contributed by atoms with Gasteiger partial charge < -0.3 is 9.84 Å². The summed E-state index contributed by atoms with van der Waals surface area (Å²) in [6.45, 7) is 1.84. The van der Waals surface area contributed by atoms with Crippen molar-refractivity contribution in [1.82, 2.24) is 15.1 Å². The Labute approximate surface area is 173 Å². The molecule has 152 valence electrons. The van der Waals surface area contributed by atoms with E-state index in [1.807, 2.05) is 61.5 Å². The third kappa shape index (κ3) is 4.27. The summed E-state index contributed by atoms with van der Waals surface area (Å²) in [6.07, 6.45) is 1.40. The van der Waals surface area contributed by atoms with Gasteiger partial charge in [-0.1, -0.05) is 60.6 Å². The van der Waals surface area contributed by atoms with E-state index in [-0.39, 0.29) is 30.7 Å². The van der Waals surface area contributed by atoms with E-state index in [1.165, 1.54) is 0 Å². The topological polar surface area (TPSA) is 101 Å². The van der Waals surface area contributed by atoms with Gasteiger partial charge in [0.1, 0.15) is 12.3 Å². The Morgan fingerprint density at radius 3 is 2.67 bits per heavy atom. The molecule has 0 bridgehead atoms. The molecule has 1 N–H and O–H groups in total. The average Bonchev–Trinajstić information content (AvgIpc) is 3.26. The summed E-state index contributed by atoms with van der Waals surface area (Å²) in [7, 11) is 0. The zero-order chi connectivity index (χ0) is 20.9. The summed E-state index contributed by atoms with van der Waals surface area (Å²) in [4.78, 5) is 29.2. The van der Waals surface area contributed by atoms with Crippen LogP contribution in [-0.4, -0.2) is 39.2 Å². The number of hydrazone groups is 1. The molecule has 0 unspecified atom stereocenters. The van der Waals surface area contributed by atoms with Gasteiger partial charge in [-0.05, 0) is 18.1 Å². The standard InChI is InChI=1S/C22H21N5O3/c1-2-15-8-6-7-11-17(15)23-19(28)14-27-20(29)13-12-18(25-27)22-24-21(26-30-22)16-9-4-3-5-10-16/h3-11H,2,12-14H2,1H3,(H,23,28). The van der Waals surface area contributed by atoms with Crippen molar-refractivity contribution in [3.63, 3.8) is 0 Å². The molecule has 1 aliphatic rings. The van der Waals surface area contributed by atoms with E-state index in [0.29, 0.717) is 18.0 Å². The summed E-state index contributed by atoms with van der Waals surface area (Å²) >= 11 is 0. The molecule has 1 aromatic heterocycles. The van der Waals surface area contributed by atoms with Gasteiger partial charge in [0.05, 0.1) is 0 Å². The van der Waals surface area contributed by atoms with Crippen LogP contribution >= 0.6 is 0 Å². The van der Waals surface area contributed by atoms with E-state index in [4.69, 9.17) is 4.52 Å². The Hall–Kier alpha value is -3.81. The molecule has 8 nitrogen and oxygen atoms in total. The van der Waals surface area contributed by atoms with Crippen LogP contribution in [0.3, 0.4) is 0 Å². The smallest absolute Gasteiger partial charge is 0.274 e. The molecule has 30 heavy (non-hydrogen) atoms. The number of para-hydroxylation sites is 1. The van der Waals surface area contributed by atoms with Crippen molar-refractivity contribution >= 4 is 23.2 Å². The second kappa shape index (κ2) is 8.69. The Balaban J connectivity index is 1.49. The third-order valence-electron chi connectivity index (χ3n) is 4.78. The number of nitrogens with zero attached hydrogens (tertiary/aromatic N) is 4. The lowest BCUT2D eigenvalue weighted by molar-refractivity contribution is -0.135. The number of hydrogen-bond acceptors (Lipinski definition) is 6. The number of amides is 2. The predicted octanol–water partition coefficient (Wildman–Crippen LogP) is 3.26. The maximum absolute atomic E-state index is 12.5. The molecular formula is C22H21N5O3. The van der Waals surface area contributed by atoms with Gasteiger partial charge in [-0.2, -0.15) is 10.1 Å². The molecule has 0 saturated carbocycles. The van der Waals surface area contributed by atoms with Gasteiger partial charge in [-0.15, -0.1) is 0 Å². The zero-order valence-electron chi connectivity index (χ0n) is 16.5. The summed E-state index contributed by atoms with van der Waals surface area (Å²) in [6, 6.07) is 17.0. The van der Waals surface area contributed by atoms with Crippen molar-refractivity contribution in [2.45, 2.75) is 26.2 Å². The molecule has 0 spiro atoms. The van der Waals surface area contributed by atoms with Crippen molar-refractivity contribution in [3.8, 4) is 11.4 Å². The molecular weight excluding hydrogens is 382 g/mol. The highest BCUT2D eigenvalue weighted by molar-refractivity contribution is 6.02. The molecule has 0 saturated heterocycles. The minimum Gasteiger partial charge on any atom is -0.332 e. The van der Waals surface area contributed by atoms with Crippen molar-refractivity contribution < 1.29 is 14.1 Å². The van der Waals surface area contributed by atoms with Crippen LogP contribution in [0.1, 0.15) is 31.2 Å². The summed E-state index contributed by atoms with van der Waals surface area (Å²) < 4.78 is 5.34. The molecule has 3 aromatic rings. The van der Waals surface area contributed by atoms with E-state index < -0.39 is 0 Å². The second-order valence-corrected chi connectivity index (χ2v) is 6.85. The van der Waals surface area contributed by atoms with Crippen LogP contribution in [0.15, 0.2) is 64.2 Å². The molecule has 0 radical (unpaired) electrons. The van der Waals surface area contributed by atoms with Crippen LogP contribution < -0.4 is 5.32 Å². The van der Waals surface area contributed by atoms with E-state index in [9.17, 15) is 9.59 Å². The Bertz CT molecular complexity index is 1090. The normalized spacial score (nSPS) is 13.8. The molecule has 0 aliphatic carbocycles. The Morgan fingerprint density at radius 1 is 1.10 bits per heavy atom. The number of nitrogens with one attached hydrogen (secondary N) is 1. The van der Waals surface area contributed by atoms with E-state index >= 15 is 0 Å². The van der Waals surface area contributed by atoms with Crippen LogP contribution in [0.25, 0.3) is 11.4 Å². The van der Waals surface area contributed by atoms with Crippen LogP contribution in [0, 0.1) is 0 Å². The summed E-state index contributed by atoms with van der Waals surface area (Å²) in [5.74, 6) is 0.166. The van der Waals surface area contributed by atoms with E-state index in [1.54, 1.807) is 0 Å². The van der Waals surface area contributed by atoms with E-state index in [0.717, 1.165) is 28.2 Å². The van der Waals surface area contributed by atoms with Crippen LogP contribution in [0.2, 0.25) is 0 Å². The predicted molar refractivity (Wildman–Crippen MR) is 112 cm³/mol. The Morgan fingerprint density at radius 2 is 1.87 bits per heavy atom. The minimum absolute atomic E-state index is 0.180. The fourth-order valence-electron chi connectivity index (χ4n) is 3.20. The average molecular weight is 403 g/mol. The number of rotatable bonds is 6. The molecule has 0 atom stereocenters. The third-order valence-corrected chi connectivity index (χ3v) is 4.78. The number of aromatic nitrogens is 2. The first-order chi connectivity index (χ1) is 14.6. The van der Waals surface area contributed by atoms with Gasteiger partial charge in [0.15, 0.2) is 0 Å². The van der Waals surface area contributed by atoms with E-state index in [2.05, 4.69) is 20.6 Å². The number of carbonyl (C=O) groups is 2. The largest absolute Gasteiger partial charge is 0.332 e. The number of carbonyl (C=O) groups excluding carboxylic acids is 2. The molecule has 0 fully saturated rings. The molecule has 2 heterocycles. The maximum Gasteiger partial charge on any atom is 0.274 e. The van der Waals surface area contributed by atoms with Gasteiger partial charge in [0, 0.05) is 24.1 Å². The number of aryl methyl sites for hydroxylation is 1. The van der Waals surface area contributed by atoms with Gasteiger partial charge >= 0.3 is 0 Å². The van der Waals surface area contributed by atoms with Gasteiger partial charge in [0.25, 0.3) is 5.89 Å². The molecule has 1 aliphatic heterocycles. The number of anilines is 1. The van der Waals surface area contributed by atoms with Gasteiger partial charge in [-0.25, -0.2) is 5.01 Å². The van der Waals surface area contributed by atoms with Crippen molar-refractivity contribution in [2.75, 3.05) is 11.9 Å².